The number of carbonyl (C=O) groups is 2. The minimum Gasteiger partial charge on any atom is -0.481 e. The van der Waals surface area contributed by atoms with Crippen molar-refractivity contribution in [2.45, 2.75) is 32.2 Å². The standard InChI is InChI=1S/C14H18N2O4/c1-14(13(18)19)6-3-4-10(14)16-11-8-9(5-7-15-11)12(17)20-2/h5,7-8,10H,3-4,6H2,1-2H3,(H,15,16)(H,18,19). The van der Waals surface area contributed by atoms with E-state index in [1.54, 1.807) is 19.1 Å². The summed E-state index contributed by atoms with van der Waals surface area (Å²) >= 11 is 0. The summed E-state index contributed by atoms with van der Waals surface area (Å²) < 4.78 is 4.65. The summed E-state index contributed by atoms with van der Waals surface area (Å²) in [5, 5.41) is 12.5. The highest BCUT2D eigenvalue weighted by Gasteiger charge is 2.45. The van der Waals surface area contributed by atoms with E-state index in [4.69, 9.17) is 0 Å². The van der Waals surface area contributed by atoms with Crippen molar-refractivity contribution in [1.29, 1.82) is 0 Å². The van der Waals surface area contributed by atoms with Crippen LogP contribution in [0.4, 0.5) is 5.82 Å². The van der Waals surface area contributed by atoms with E-state index in [0.29, 0.717) is 17.8 Å². The number of ether oxygens (including phenoxy) is 1. The number of rotatable bonds is 4. The van der Waals surface area contributed by atoms with Crippen molar-refractivity contribution in [3.8, 4) is 0 Å². The van der Waals surface area contributed by atoms with Gasteiger partial charge < -0.3 is 15.2 Å². The molecule has 0 saturated heterocycles. The predicted molar refractivity (Wildman–Crippen MR) is 72.6 cm³/mol. The van der Waals surface area contributed by atoms with Crippen LogP contribution in [-0.2, 0) is 9.53 Å². The number of carboxylic acid groups (broad SMARTS) is 1. The van der Waals surface area contributed by atoms with Crippen molar-refractivity contribution in [3.63, 3.8) is 0 Å². The van der Waals surface area contributed by atoms with Gasteiger partial charge in [-0.1, -0.05) is 6.42 Å². The van der Waals surface area contributed by atoms with E-state index in [9.17, 15) is 14.7 Å². The van der Waals surface area contributed by atoms with Crippen LogP contribution >= 0.6 is 0 Å². The molecule has 0 aliphatic heterocycles. The molecule has 1 heterocycles. The summed E-state index contributed by atoms with van der Waals surface area (Å²) in [5.74, 6) is -0.758. The van der Waals surface area contributed by atoms with E-state index < -0.39 is 17.4 Å². The second-order valence-corrected chi connectivity index (χ2v) is 5.23. The van der Waals surface area contributed by atoms with E-state index in [-0.39, 0.29) is 6.04 Å². The minimum atomic E-state index is -0.809. The number of aromatic nitrogens is 1. The van der Waals surface area contributed by atoms with Crippen LogP contribution in [0.15, 0.2) is 18.3 Å². The van der Waals surface area contributed by atoms with Crippen molar-refractivity contribution in [2.75, 3.05) is 12.4 Å². The van der Waals surface area contributed by atoms with E-state index in [1.807, 2.05) is 0 Å². The number of esters is 1. The van der Waals surface area contributed by atoms with Gasteiger partial charge in [0.2, 0.25) is 0 Å². The highest BCUT2D eigenvalue weighted by atomic mass is 16.5. The Morgan fingerprint density at radius 3 is 2.95 bits per heavy atom. The predicted octanol–water partition coefficient (Wildman–Crippen LogP) is 1.92. The number of hydrogen-bond acceptors (Lipinski definition) is 5. The zero-order valence-electron chi connectivity index (χ0n) is 11.5. The third-order valence-electron chi connectivity index (χ3n) is 3.95. The van der Waals surface area contributed by atoms with Gasteiger partial charge in [0.05, 0.1) is 18.1 Å². The van der Waals surface area contributed by atoms with E-state index in [0.717, 1.165) is 12.8 Å². The molecule has 0 aromatic carbocycles. The molecule has 108 valence electrons. The molecule has 2 N–H and O–H groups in total. The highest BCUT2D eigenvalue weighted by molar-refractivity contribution is 5.90. The number of anilines is 1. The average molecular weight is 278 g/mol. The first-order valence-corrected chi connectivity index (χ1v) is 6.51. The smallest absolute Gasteiger partial charge is 0.338 e. The fraction of sp³-hybridized carbons (Fsp3) is 0.500. The van der Waals surface area contributed by atoms with Crippen LogP contribution in [-0.4, -0.2) is 35.2 Å². The summed E-state index contributed by atoms with van der Waals surface area (Å²) in [4.78, 5) is 27.0. The molecule has 1 aliphatic rings. The van der Waals surface area contributed by atoms with Crippen molar-refractivity contribution < 1.29 is 19.4 Å². The number of pyridine rings is 1. The van der Waals surface area contributed by atoms with E-state index in [1.165, 1.54) is 13.3 Å². The van der Waals surface area contributed by atoms with Crippen LogP contribution in [0.3, 0.4) is 0 Å². The first-order valence-electron chi connectivity index (χ1n) is 6.51. The number of carbonyl (C=O) groups excluding carboxylic acids is 1. The molecule has 20 heavy (non-hydrogen) atoms. The Hall–Kier alpha value is -2.11. The van der Waals surface area contributed by atoms with Crippen LogP contribution in [0.1, 0.15) is 36.5 Å². The first kappa shape index (κ1) is 14.3. The molecule has 1 aromatic heterocycles. The van der Waals surface area contributed by atoms with Gasteiger partial charge in [0.15, 0.2) is 0 Å². The highest BCUT2D eigenvalue weighted by Crippen LogP contribution is 2.39. The van der Waals surface area contributed by atoms with Gasteiger partial charge >= 0.3 is 11.9 Å². The Kier molecular flexibility index (Phi) is 3.92. The molecule has 2 rings (SSSR count). The maximum absolute atomic E-state index is 11.5. The summed E-state index contributed by atoms with van der Waals surface area (Å²) in [7, 11) is 1.31. The lowest BCUT2D eigenvalue weighted by Crippen LogP contribution is -2.40. The van der Waals surface area contributed by atoms with Gasteiger partial charge in [-0.3, -0.25) is 4.79 Å². The summed E-state index contributed by atoms with van der Waals surface area (Å²) in [6.07, 6.45) is 3.77. The lowest BCUT2D eigenvalue weighted by atomic mass is 9.85. The first-order chi connectivity index (χ1) is 9.47. The van der Waals surface area contributed by atoms with E-state index in [2.05, 4.69) is 15.0 Å². The van der Waals surface area contributed by atoms with Gasteiger partial charge in [0, 0.05) is 12.2 Å². The van der Waals surface area contributed by atoms with Crippen LogP contribution in [0, 0.1) is 5.41 Å². The Morgan fingerprint density at radius 2 is 2.30 bits per heavy atom. The molecule has 0 spiro atoms. The van der Waals surface area contributed by atoms with Crippen molar-refractivity contribution in [2.24, 2.45) is 5.41 Å². The summed E-state index contributed by atoms with van der Waals surface area (Å²) in [6, 6.07) is 2.94. The number of carboxylic acids is 1. The lowest BCUT2D eigenvalue weighted by Gasteiger charge is -2.28. The van der Waals surface area contributed by atoms with Gasteiger partial charge in [0.1, 0.15) is 5.82 Å². The molecule has 1 saturated carbocycles. The molecule has 1 aromatic rings. The maximum Gasteiger partial charge on any atom is 0.338 e. The molecule has 6 nitrogen and oxygen atoms in total. The SMILES string of the molecule is COC(=O)c1ccnc(NC2CCCC2(C)C(=O)O)c1. The third-order valence-corrected chi connectivity index (χ3v) is 3.95. The zero-order chi connectivity index (χ0) is 14.8. The Bertz CT molecular complexity index is 532. The zero-order valence-corrected chi connectivity index (χ0v) is 11.5. The number of hydrogen-bond donors (Lipinski definition) is 2. The molecule has 6 heteroatoms. The van der Waals surface area contributed by atoms with Gasteiger partial charge in [-0.15, -0.1) is 0 Å². The number of methoxy groups -OCH3 is 1. The minimum absolute atomic E-state index is 0.194. The molecule has 0 bridgehead atoms. The second kappa shape index (κ2) is 5.48. The van der Waals surface area contributed by atoms with Gasteiger partial charge in [-0.25, -0.2) is 9.78 Å². The second-order valence-electron chi connectivity index (χ2n) is 5.23. The lowest BCUT2D eigenvalue weighted by molar-refractivity contribution is -0.147. The number of nitrogens with zero attached hydrogens (tertiary/aromatic N) is 1. The van der Waals surface area contributed by atoms with E-state index >= 15 is 0 Å². The molecular formula is C14H18N2O4. The van der Waals surface area contributed by atoms with Crippen molar-refractivity contribution in [1.82, 2.24) is 4.98 Å². The van der Waals surface area contributed by atoms with Gasteiger partial charge in [-0.05, 0) is 31.9 Å². The van der Waals surface area contributed by atoms with Gasteiger partial charge in [0.25, 0.3) is 0 Å². The average Bonchev–Trinajstić information content (AvgIpc) is 2.81. The van der Waals surface area contributed by atoms with Gasteiger partial charge in [-0.2, -0.15) is 0 Å². The normalized spacial score (nSPS) is 25.2. The van der Waals surface area contributed by atoms with Crippen molar-refractivity contribution in [3.05, 3.63) is 23.9 Å². The number of nitrogens with one attached hydrogen (secondary N) is 1. The molecule has 2 unspecified atom stereocenters. The molecular weight excluding hydrogens is 260 g/mol. The molecule has 0 radical (unpaired) electrons. The molecule has 1 fully saturated rings. The third kappa shape index (κ3) is 2.59. The number of aliphatic carboxylic acids is 1. The van der Waals surface area contributed by atoms with Crippen molar-refractivity contribution >= 4 is 17.8 Å². The fourth-order valence-corrected chi connectivity index (χ4v) is 2.59. The summed E-state index contributed by atoms with van der Waals surface area (Å²) in [5.41, 5.74) is -0.414. The topological polar surface area (TPSA) is 88.5 Å². The van der Waals surface area contributed by atoms with Crippen LogP contribution in [0.5, 0.6) is 0 Å². The van der Waals surface area contributed by atoms with Crippen LogP contribution in [0.25, 0.3) is 0 Å². The monoisotopic (exact) mass is 278 g/mol. The Balaban J connectivity index is 2.18. The largest absolute Gasteiger partial charge is 0.481 e. The maximum atomic E-state index is 11.5. The van der Waals surface area contributed by atoms with Crippen LogP contribution in [0.2, 0.25) is 0 Å². The fourth-order valence-electron chi connectivity index (χ4n) is 2.59. The summed E-state index contributed by atoms with van der Waals surface area (Å²) in [6.45, 7) is 1.74. The van der Waals surface area contributed by atoms with Crippen LogP contribution < -0.4 is 5.32 Å². The molecule has 2 atom stereocenters. The molecule has 1 aliphatic carbocycles. The molecule has 0 amide bonds. The Labute approximate surface area is 117 Å². The Morgan fingerprint density at radius 1 is 1.55 bits per heavy atom. The quantitative estimate of drug-likeness (QED) is 0.818.